The maximum atomic E-state index is 3.32. The summed E-state index contributed by atoms with van der Waals surface area (Å²) in [6.45, 7) is 7.52. The van der Waals surface area contributed by atoms with Gasteiger partial charge in [-0.25, -0.2) is 0 Å². The van der Waals surface area contributed by atoms with Crippen molar-refractivity contribution in [3.8, 4) is 0 Å². The molecule has 0 aliphatic heterocycles. The van der Waals surface area contributed by atoms with Crippen molar-refractivity contribution in [3.05, 3.63) is 0 Å². The minimum absolute atomic E-state index is 0.745. The highest BCUT2D eigenvalue weighted by molar-refractivity contribution is 4.51. The largest absolute Gasteiger partial charge is 0.315 e. The van der Waals surface area contributed by atoms with Gasteiger partial charge in [-0.05, 0) is 19.5 Å². The highest BCUT2D eigenvalue weighted by Gasteiger charge is 1.90. The van der Waals surface area contributed by atoms with Crippen LogP contribution < -0.4 is 16.2 Å². The standard InChI is InChI=1S/C7H19N3/c1-7(2)6-9-4-5-10-8-3/h7-10H,4-6H2,1-3H3. The monoisotopic (exact) mass is 145 g/mol. The lowest BCUT2D eigenvalue weighted by atomic mass is 10.2. The van der Waals surface area contributed by atoms with Gasteiger partial charge in [0.2, 0.25) is 0 Å². The molecular formula is C7H19N3. The van der Waals surface area contributed by atoms with Crippen LogP contribution in [0.2, 0.25) is 0 Å². The first-order chi connectivity index (χ1) is 4.77. The molecule has 3 N–H and O–H groups in total. The fourth-order valence-electron chi connectivity index (χ4n) is 0.667. The lowest BCUT2D eigenvalue weighted by Gasteiger charge is -2.06. The molecule has 0 amide bonds. The molecule has 0 aliphatic carbocycles. The summed E-state index contributed by atoms with van der Waals surface area (Å²) in [4.78, 5) is 0. The highest BCUT2D eigenvalue weighted by Crippen LogP contribution is 1.85. The highest BCUT2D eigenvalue weighted by atomic mass is 15.3. The normalized spacial score (nSPS) is 10.8. The van der Waals surface area contributed by atoms with E-state index in [1.807, 2.05) is 7.05 Å². The molecule has 0 spiro atoms. The van der Waals surface area contributed by atoms with Gasteiger partial charge in [-0.3, -0.25) is 10.9 Å². The van der Waals surface area contributed by atoms with E-state index in [1.165, 1.54) is 0 Å². The Balaban J connectivity index is 2.77. The quantitative estimate of drug-likeness (QED) is 0.362. The minimum atomic E-state index is 0.745. The van der Waals surface area contributed by atoms with Gasteiger partial charge in [0.05, 0.1) is 0 Å². The average Bonchev–Trinajstić information content (AvgIpc) is 1.87. The summed E-state index contributed by atoms with van der Waals surface area (Å²) >= 11 is 0. The third-order valence-electron chi connectivity index (χ3n) is 1.16. The number of hydrogen-bond donors (Lipinski definition) is 3. The van der Waals surface area contributed by atoms with E-state index in [2.05, 4.69) is 30.0 Å². The predicted octanol–water partition coefficient (Wildman–Crippen LogP) is -0.0440. The van der Waals surface area contributed by atoms with E-state index in [-0.39, 0.29) is 0 Å². The van der Waals surface area contributed by atoms with Crippen LogP contribution in [0, 0.1) is 5.92 Å². The molecular weight excluding hydrogens is 126 g/mol. The molecule has 0 saturated heterocycles. The van der Waals surface area contributed by atoms with Gasteiger partial charge < -0.3 is 5.32 Å². The molecule has 10 heavy (non-hydrogen) atoms. The fourth-order valence-corrected chi connectivity index (χ4v) is 0.667. The molecule has 0 saturated carbocycles. The zero-order chi connectivity index (χ0) is 7.82. The number of rotatable bonds is 6. The zero-order valence-corrected chi connectivity index (χ0v) is 7.20. The third kappa shape index (κ3) is 7.88. The van der Waals surface area contributed by atoms with Crippen molar-refractivity contribution in [3.63, 3.8) is 0 Å². The summed E-state index contributed by atoms with van der Waals surface area (Å²) in [7, 11) is 1.88. The Morgan fingerprint density at radius 2 is 1.90 bits per heavy atom. The van der Waals surface area contributed by atoms with Gasteiger partial charge in [-0.15, -0.1) is 0 Å². The number of hydrazine groups is 1. The van der Waals surface area contributed by atoms with Crippen LogP contribution in [-0.2, 0) is 0 Å². The Kier molecular flexibility index (Phi) is 6.91. The van der Waals surface area contributed by atoms with E-state index in [9.17, 15) is 0 Å². The Morgan fingerprint density at radius 1 is 1.20 bits per heavy atom. The number of hydrogen-bond acceptors (Lipinski definition) is 3. The van der Waals surface area contributed by atoms with Crippen LogP contribution in [0.5, 0.6) is 0 Å². The summed E-state index contributed by atoms with van der Waals surface area (Å²) in [5.74, 6) is 0.745. The second-order valence-electron chi connectivity index (χ2n) is 2.77. The summed E-state index contributed by atoms with van der Waals surface area (Å²) in [6, 6.07) is 0. The van der Waals surface area contributed by atoms with Crippen molar-refractivity contribution in [2.24, 2.45) is 5.92 Å². The smallest absolute Gasteiger partial charge is 0.0225 e. The molecule has 0 heterocycles. The molecule has 0 aromatic carbocycles. The molecule has 0 aromatic heterocycles. The van der Waals surface area contributed by atoms with E-state index in [1.54, 1.807) is 0 Å². The molecule has 3 nitrogen and oxygen atoms in total. The second kappa shape index (κ2) is 6.99. The van der Waals surface area contributed by atoms with Crippen molar-refractivity contribution < 1.29 is 0 Å². The van der Waals surface area contributed by atoms with Gasteiger partial charge in [0.1, 0.15) is 0 Å². The summed E-state index contributed by atoms with van der Waals surface area (Å²) in [6.07, 6.45) is 0. The van der Waals surface area contributed by atoms with Gasteiger partial charge in [-0.2, -0.15) is 0 Å². The van der Waals surface area contributed by atoms with E-state index < -0.39 is 0 Å². The molecule has 0 unspecified atom stereocenters. The SMILES string of the molecule is CNNCCNCC(C)C. The first-order valence-electron chi connectivity index (χ1n) is 3.87. The topological polar surface area (TPSA) is 36.1 Å². The summed E-state index contributed by atoms with van der Waals surface area (Å²) in [5.41, 5.74) is 5.88. The third-order valence-corrected chi connectivity index (χ3v) is 1.16. The lowest BCUT2D eigenvalue weighted by molar-refractivity contribution is 0.515. The number of nitrogens with one attached hydrogen (secondary N) is 3. The zero-order valence-electron chi connectivity index (χ0n) is 7.20. The molecule has 3 heteroatoms. The van der Waals surface area contributed by atoms with Gasteiger partial charge >= 0.3 is 0 Å². The Morgan fingerprint density at radius 3 is 2.40 bits per heavy atom. The molecule has 0 aliphatic rings. The average molecular weight is 145 g/mol. The minimum Gasteiger partial charge on any atom is -0.315 e. The molecule has 0 radical (unpaired) electrons. The van der Waals surface area contributed by atoms with E-state index in [0.29, 0.717) is 0 Å². The van der Waals surface area contributed by atoms with Crippen molar-refractivity contribution >= 4 is 0 Å². The summed E-state index contributed by atoms with van der Waals surface area (Å²) < 4.78 is 0. The lowest BCUT2D eigenvalue weighted by Crippen LogP contribution is -2.35. The Hall–Kier alpha value is -0.120. The molecule has 62 valence electrons. The van der Waals surface area contributed by atoms with Crippen LogP contribution >= 0.6 is 0 Å². The van der Waals surface area contributed by atoms with E-state index in [0.717, 1.165) is 25.6 Å². The van der Waals surface area contributed by atoms with Crippen molar-refractivity contribution in [2.75, 3.05) is 26.7 Å². The van der Waals surface area contributed by atoms with E-state index >= 15 is 0 Å². The molecule has 0 fully saturated rings. The van der Waals surface area contributed by atoms with Crippen LogP contribution in [0.15, 0.2) is 0 Å². The molecule has 0 aromatic rings. The van der Waals surface area contributed by atoms with Gasteiger partial charge in [0.25, 0.3) is 0 Å². The van der Waals surface area contributed by atoms with Gasteiger partial charge in [0.15, 0.2) is 0 Å². The van der Waals surface area contributed by atoms with Gasteiger partial charge in [-0.1, -0.05) is 13.8 Å². The van der Waals surface area contributed by atoms with Crippen LogP contribution in [0.1, 0.15) is 13.8 Å². The van der Waals surface area contributed by atoms with Crippen LogP contribution in [0.3, 0.4) is 0 Å². The summed E-state index contributed by atoms with van der Waals surface area (Å²) in [5, 5.41) is 3.32. The van der Waals surface area contributed by atoms with Crippen LogP contribution in [0.25, 0.3) is 0 Å². The van der Waals surface area contributed by atoms with Crippen LogP contribution in [-0.4, -0.2) is 26.7 Å². The first-order valence-corrected chi connectivity index (χ1v) is 3.87. The first kappa shape index (κ1) is 9.88. The van der Waals surface area contributed by atoms with Crippen LogP contribution in [0.4, 0.5) is 0 Å². The predicted molar refractivity (Wildman–Crippen MR) is 44.8 cm³/mol. The van der Waals surface area contributed by atoms with E-state index in [4.69, 9.17) is 0 Å². The van der Waals surface area contributed by atoms with Crippen molar-refractivity contribution in [1.82, 2.24) is 16.2 Å². The Bertz CT molecular complexity index is 63.9. The fraction of sp³-hybridized carbons (Fsp3) is 1.00. The van der Waals surface area contributed by atoms with Gasteiger partial charge in [0, 0.05) is 13.1 Å². The van der Waals surface area contributed by atoms with Crippen molar-refractivity contribution in [1.29, 1.82) is 0 Å². The molecule has 0 rings (SSSR count). The molecule has 0 atom stereocenters. The second-order valence-corrected chi connectivity index (χ2v) is 2.77. The Labute approximate surface area is 63.5 Å². The van der Waals surface area contributed by atoms with Crippen molar-refractivity contribution in [2.45, 2.75) is 13.8 Å². The maximum Gasteiger partial charge on any atom is 0.0225 e. The maximum absolute atomic E-state index is 3.32. The molecule has 0 bridgehead atoms.